The third-order valence-electron chi connectivity index (χ3n) is 6.41. The molecular formula is C30H32N2O7S. The Kier molecular flexibility index (Phi) is 9.11. The fourth-order valence-corrected chi connectivity index (χ4v) is 5.64. The molecule has 1 aliphatic rings. The predicted molar refractivity (Wildman–Crippen MR) is 153 cm³/mol. The summed E-state index contributed by atoms with van der Waals surface area (Å²) in [6.45, 7) is 3.94. The van der Waals surface area contributed by atoms with Crippen LogP contribution in [0.25, 0.3) is 17.5 Å². The molecule has 0 bridgehead atoms. The summed E-state index contributed by atoms with van der Waals surface area (Å²) in [6, 6.07) is 14.2. The Hall–Kier alpha value is -4.31. The van der Waals surface area contributed by atoms with Crippen LogP contribution >= 0.6 is 11.3 Å². The van der Waals surface area contributed by atoms with E-state index < -0.39 is 23.4 Å². The second kappa shape index (κ2) is 12.7. The molecule has 0 amide bonds. The summed E-state index contributed by atoms with van der Waals surface area (Å²) in [4.78, 5) is 40.8. The van der Waals surface area contributed by atoms with Gasteiger partial charge in [-0.25, -0.2) is 9.59 Å². The number of rotatable bonds is 10. The first-order valence-electron chi connectivity index (χ1n) is 12.9. The number of carbonyl (C=O) groups is 2. The molecule has 0 aliphatic carbocycles. The Morgan fingerprint density at radius 3 is 2.33 bits per heavy atom. The first kappa shape index (κ1) is 28.7. The minimum Gasteiger partial charge on any atom is -0.497 e. The molecule has 2 aromatic carbocycles. The number of ether oxygens (including phenoxy) is 4. The van der Waals surface area contributed by atoms with Gasteiger partial charge in [-0.15, -0.1) is 11.3 Å². The first-order valence-corrected chi connectivity index (χ1v) is 13.8. The highest BCUT2D eigenvalue weighted by Crippen LogP contribution is 2.38. The van der Waals surface area contributed by atoms with Crippen molar-refractivity contribution >= 4 is 40.7 Å². The molecular weight excluding hydrogens is 532 g/mol. The number of nitrogens with zero attached hydrogens (tertiary/aromatic N) is 1. The molecule has 40 heavy (non-hydrogen) atoms. The van der Waals surface area contributed by atoms with Crippen LogP contribution in [0.2, 0.25) is 0 Å². The maximum Gasteiger partial charge on any atom is 0.338 e. The number of hydrogen-bond acceptors (Lipinski definition) is 9. The average molecular weight is 565 g/mol. The SMILES string of the molecule is CCCCOC(=O)C1=C(N)n2c(s/c(=C\c3cccc(OC)c3)c2=O)=C(C(=O)OCC)[C@@H]1c1cccc(OC)c1. The van der Waals surface area contributed by atoms with Crippen LogP contribution in [0.4, 0.5) is 0 Å². The fraction of sp³-hybridized carbons (Fsp3) is 0.300. The van der Waals surface area contributed by atoms with Gasteiger partial charge in [0, 0.05) is 0 Å². The summed E-state index contributed by atoms with van der Waals surface area (Å²) >= 11 is 1.10. The summed E-state index contributed by atoms with van der Waals surface area (Å²) in [5.74, 6) is -1.26. The maximum absolute atomic E-state index is 13.7. The number of benzene rings is 2. The Balaban J connectivity index is 2.06. The standard InChI is InChI=1S/C30H32N2O7S/c1-5-7-14-39-29(34)24-23(19-11-9-13-21(17-19)37-4)25(30(35)38-6-2)28-32(26(24)31)27(33)22(40-28)16-18-10-8-12-20(15-18)36-3/h8-13,15-17,23H,5-7,14,31H2,1-4H3/b22-16-/t23-/m1/s1. The van der Waals surface area contributed by atoms with E-state index in [1.54, 1.807) is 56.5 Å². The van der Waals surface area contributed by atoms with E-state index >= 15 is 0 Å². The number of esters is 2. The zero-order chi connectivity index (χ0) is 28.8. The second-order valence-electron chi connectivity index (χ2n) is 8.97. The summed E-state index contributed by atoms with van der Waals surface area (Å²) in [7, 11) is 3.08. The van der Waals surface area contributed by atoms with Gasteiger partial charge in [-0.3, -0.25) is 9.36 Å². The quantitative estimate of drug-likeness (QED) is 0.295. The van der Waals surface area contributed by atoms with E-state index in [1.165, 1.54) is 11.7 Å². The number of aromatic nitrogens is 1. The molecule has 0 spiro atoms. The van der Waals surface area contributed by atoms with Gasteiger partial charge < -0.3 is 24.7 Å². The molecule has 9 nitrogen and oxygen atoms in total. The van der Waals surface area contributed by atoms with Crippen molar-refractivity contribution in [1.82, 2.24) is 4.57 Å². The lowest BCUT2D eigenvalue weighted by atomic mass is 9.83. The third-order valence-corrected chi connectivity index (χ3v) is 7.52. The topological polar surface area (TPSA) is 119 Å². The van der Waals surface area contributed by atoms with Gasteiger partial charge in [-0.05, 0) is 54.8 Å². The van der Waals surface area contributed by atoms with Crippen LogP contribution in [-0.4, -0.2) is 43.9 Å². The second-order valence-corrected chi connectivity index (χ2v) is 10.00. The van der Waals surface area contributed by atoms with E-state index in [9.17, 15) is 14.4 Å². The van der Waals surface area contributed by atoms with E-state index in [0.29, 0.717) is 28.0 Å². The van der Waals surface area contributed by atoms with Gasteiger partial charge in [-0.2, -0.15) is 0 Å². The Bertz CT molecular complexity index is 1630. The number of carbonyl (C=O) groups excluding carboxylic acids is 2. The molecule has 1 aliphatic heterocycles. The molecule has 3 aromatic rings. The zero-order valence-corrected chi connectivity index (χ0v) is 23.7. The lowest BCUT2D eigenvalue weighted by Crippen LogP contribution is -2.42. The molecule has 4 rings (SSSR count). The molecule has 1 aromatic heterocycles. The van der Waals surface area contributed by atoms with Gasteiger partial charge in [0.1, 0.15) is 22.0 Å². The Labute approximate surface area is 235 Å². The van der Waals surface area contributed by atoms with Crippen molar-refractivity contribution in [2.75, 3.05) is 27.4 Å². The van der Waals surface area contributed by atoms with E-state index in [1.807, 2.05) is 19.1 Å². The molecule has 1 atom stereocenters. The zero-order valence-electron chi connectivity index (χ0n) is 22.9. The molecule has 0 saturated heterocycles. The van der Waals surface area contributed by atoms with Gasteiger partial charge in [0.2, 0.25) is 0 Å². The van der Waals surface area contributed by atoms with Crippen molar-refractivity contribution in [3.05, 3.63) is 84.8 Å². The van der Waals surface area contributed by atoms with E-state index in [0.717, 1.165) is 23.3 Å². The third kappa shape index (κ3) is 5.67. The largest absolute Gasteiger partial charge is 0.497 e. The van der Waals surface area contributed by atoms with Crippen molar-refractivity contribution in [1.29, 1.82) is 0 Å². The normalized spacial score (nSPS) is 15.1. The minimum atomic E-state index is -0.953. The van der Waals surface area contributed by atoms with Gasteiger partial charge in [0.05, 0.1) is 49.0 Å². The van der Waals surface area contributed by atoms with E-state index in [4.69, 9.17) is 24.7 Å². The van der Waals surface area contributed by atoms with Crippen LogP contribution in [0.1, 0.15) is 43.7 Å². The van der Waals surface area contributed by atoms with Crippen molar-refractivity contribution in [3.8, 4) is 11.5 Å². The number of nitrogens with two attached hydrogens (primary N) is 1. The highest BCUT2D eigenvalue weighted by molar-refractivity contribution is 7.07. The highest BCUT2D eigenvalue weighted by Gasteiger charge is 2.40. The van der Waals surface area contributed by atoms with Gasteiger partial charge in [0.25, 0.3) is 5.56 Å². The number of hydrogen-bond donors (Lipinski definition) is 1. The summed E-state index contributed by atoms with van der Waals surface area (Å²) in [5, 5.41) is 0. The van der Waals surface area contributed by atoms with Crippen LogP contribution in [-0.2, 0) is 19.1 Å². The summed E-state index contributed by atoms with van der Waals surface area (Å²) in [6.07, 6.45) is 3.16. The highest BCUT2D eigenvalue weighted by atomic mass is 32.1. The van der Waals surface area contributed by atoms with Crippen molar-refractivity contribution in [3.63, 3.8) is 0 Å². The van der Waals surface area contributed by atoms with E-state index in [-0.39, 0.29) is 34.8 Å². The lowest BCUT2D eigenvalue weighted by Gasteiger charge is -2.27. The summed E-state index contributed by atoms with van der Waals surface area (Å²) in [5.41, 5.74) is 7.54. The van der Waals surface area contributed by atoms with Crippen LogP contribution in [0, 0.1) is 0 Å². The van der Waals surface area contributed by atoms with Gasteiger partial charge in [0.15, 0.2) is 0 Å². The van der Waals surface area contributed by atoms with Crippen molar-refractivity contribution < 1.29 is 28.5 Å². The van der Waals surface area contributed by atoms with Crippen LogP contribution in [0.3, 0.4) is 0 Å². The van der Waals surface area contributed by atoms with Gasteiger partial charge in [-0.1, -0.05) is 37.6 Å². The average Bonchev–Trinajstić information content (AvgIpc) is 3.28. The van der Waals surface area contributed by atoms with Gasteiger partial charge >= 0.3 is 11.9 Å². The first-order chi connectivity index (χ1) is 19.3. The molecule has 0 saturated carbocycles. The number of unbranched alkanes of at least 4 members (excludes halogenated alkanes) is 1. The fourth-order valence-electron chi connectivity index (χ4n) is 4.48. The van der Waals surface area contributed by atoms with Crippen LogP contribution in [0.5, 0.6) is 11.5 Å². The monoisotopic (exact) mass is 564 g/mol. The smallest absolute Gasteiger partial charge is 0.338 e. The molecule has 2 heterocycles. The predicted octanol–water partition coefficient (Wildman–Crippen LogP) is 2.74. The molecule has 0 unspecified atom stereocenters. The van der Waals surface area contributed by atoms with E-state index in [2.05, 4.69) is 0 Å². The molecule has 210 valence electrons. The molecule has 2 N–H and O–H groups in total. The molecule has 0 fully saturated rings. The number of methoxy groups -OCH3 is 2. The molecule has 10 heteroatoms. The maximum atomic E-state index is 13.7. The van der Waals surface area contributed by atoms with Crippen molar-refractivity contribution in [2.45, 2.75) is 32.6 Å². The van der Waals surface area contributed by atoms with Crippen LogP contribution in [0.15, 0.2) is 58.9 Å². The van der Waals surface area contributed by atoms with Crippen molar-refractivity contribution in [2.24, 2.45) is 5.73 Å². The Morgan fingerprint density at radius 1 is 0.975 bits per heavy atom. The summed E-state index contributed by atoms with van der Waals surface area (Å²) < 4.78 is 23.5. The number of thiazole rings is 1. The minimum absolute atomic E-state index is 0.00672. The molecule has 0 radical (unpaired) electrons. The van der Waals surface area contributed by atoms with Crippen LogP contribution < -0.4 is 30.0 Å². The number of fused-ring (bicyclic) bond motifs is 1. The lowest BCUT2D eigenvalue weighted by molar-refractivity contribution is -0.139. The Morgan fingerprint density at radius 2 is 1.65 bits per heavy atom.